The van der Waals surface area contributed by atoms with E-state index in [4.69, 9.17) is 4.74 Å². The molecule has 5 heteroatoms. The molecule has 0 radical (unpaired) electrons. The quantitative estimate of drug-likeness (QED) is 0.691. The van der Waals surface area contributed by atoms with Crippen LogP contribution in [0.5, 0.6) is 0 Å². The summed E-state index contributed by atoms with van der Waals surface area (Å²) in [6.45, 7) is 0.280. The average molecular weight is 198 g/mol. The molecule has 1 aliphatic rings. The van der Waals surface area contributed by atoms with Crippen LogP contribution in [-0.4, -0.2) is 32.1 Å². The van der Waals surface area contributed by atoms with Crippen LogP contribution in [0.2, 0.25) is 0 Å². The fraction of sp³-hybridized carbons (Fsp3) is 1.00. The normalized spacial score (nSPS) is 29.5. The number of halogens is 3. The Balaban J connectivity index is 2.64. The van der Waals surface area contributed by atoms with E-state index in [2.05, 4.69) is 4.74 Å². The lowest BCUT2D eigenvalue weighted by molar-refractivity contribution is -0.267. The molecule has 1 fully saturated rings. The molecule has 0 spiro atoms. The van der Waals surface area contributed by atoms with E-state index in [1.165, 1.54) is 7.11 Å². The van der Waals surface area contributed by atoms with Crippen molar-refractivity contribution in [2.24, 2.45) is 0 Å². The maximum absolute atomic E-state index is 12.6. The highest BCUT2D eigenvalue weighted by Gasteiger charge is 2.57. The second-order valence-corrected chi connectivity index (χ2v) is 3.19. The Labute approximate surface area is 75.0 Å². The van der Waals surface area contributed by atoms with Gasteiger partial charge in [-0.25, -0.2) is 0 Å². The first-order chi connectivity index (χ1) is 6.02. The van der Waals surface area contributed by atoms with Crippen molar-refractivity contribution in [3.63, 3.8) is 0 Å². The van der Waals surface area contributed by atoms with Crippen molar-refractivity contribution in [1.82, 2.24) is 0 Å². The Morgan fingerprint density at radius 3 is 2.54 bits per heavy atom. The molecule has 0 amide bonds. The Kier molecular flexibility index (Phi) is 3.18. The number of methoxy groups -OCH3 is 1. The minimum Gasteiger partial charge on any atom is -0.385 e. The van der Waals surface area contributed by atoms with Crippen LogP contribution in [0.15, 0.2) is 0 Å². The first-order valence-corrected chi connectivity index (χ1v) is 4.21. The summed E-state index contributed by atoms with van der Waals surface area (Å²) in [4.78, 5) is 0. The van der Waals surface area contributed by atoms with Crippen molar-refractivity contribution >= 4 is 0 Å². The number of hydrogen-bond acceptors (Lipinski definition) is 2. The van der Waals surface area contributed by atoms with Crippen molar-refractivity contribution in [3.8, 4) is 0 Å². The zero-order valence-electron chi connectivity index (χ0n) is 7.49. The lowest BCUT2D eigenvalue weighted by atomic mass is 9.96. The van der Waals surface area contributed by atoms with Crippen molar-refractivity contribution in [2.75, 3.05) is 20.3 Å². The van der Waals surface area contributed by atoms with E-state index in [1.54, 1.807) is 0 Å². The molecule has 13 heavy (non-hydrogen) atoms. The first-order valence-electron chi connectivity index (χ1n) is 4.21. The van der Waals surface area contributed by atoms with E-state index in [1.807, 2.05) is 0 Å². The molecule has 0 N–H and O–H groups in total. The standard InChI is InChI=1S/C8H13F3O2/c1-12-6-4-7(8(9,10)11)3-2-5-13-7/h2-6H2,1H3. The molecule has 1 atom stereocenters. The second kappa shape index (κ2) is 3.84. The Hall–Kier alpha value is -0.290. The van der Waals surface area contributed by atoms with Gasteiger partial charge in [0, 0.05) is 26.7 Å². The number of hydrogen-bond donors (Lipinski definition) is 0. The zero-order chi connectivity index (χ0) is 9.95. The molecular formula is C8H13F3O2. The maximum atomic E-state index is 12.6. The number of ether oxygens (including phenoxy) is 2. The molecular weight excluding hydrogens is 185 g/mol. The SMILES string of the molecule is COCCC1(C(F)(F)F)CCCO1. The molecule has 1 aliphatic heterocycles. The van der Waals surface area contributed by atoms with E-state index >= 15 is 0 Å². The lowest BCUT2D eigenvalue weighted by Gasteiger charge is -2.30. The third-order valence-electron chi connectivity index (χ3n) is 2.33. The van der Waals surface area contributed by atoms with Gasteiger partial charge in [-0.3, -0.25) is 0 Å². The van der Waals surface area contributed by atoms with Gasteiger partial charge < -0.3 is 9.47 Å². The Morgan fingerprint density at radius 1 is 1.46 bits per heavy atom. The summed E-state index contributed by atoms with van der Waals surface area (Å²) in [6.07, 6.45) is -3.85. The summed E-state index contributed by atoms with van der Waals surface area (Å²) in [5.41, 5.74) is -1.94. The van der Waals surface area contributed by atoms with Crippen molar-refractivity contribution in [1.29, 1.82) is 0 Å². The third kappa shape index (κ3) is 2.14. The van der Waals surface area contributed by atoms with Crippen molar-refractivity contribution < 1.29 is 22.6 Å². The summed E-state index contributed by atoms with van der Waals surface area (Å²) < 4.78 is 47.1. The van der Waals surface area contributed by atoms with Crippen LogP contribution in [0.3, 0.4) is 0 Å². The second-order valence-electron chi connectivity index (χ2n) is 3.19. The molecule has 78 valence electrons. The monoisotopic (exact) mass is 198 g/mol. The van der Waals surface area contributed by atoms with Gasteiger partial charge in [-0.1, -0.05) is 0 Å². The first kappa shape index (κ1) is 10.8. The van der Waals surface area contributed by atoms with E-state index in [0.29, 0.717) is 6.42 Å². The van der Waals surface area contributed by atoms with Gasteiger partial charge in [-0.2, -0.15) is 13.2 Å². The van der Waals surface area contributed by atoms with Crippen LogP contribution in [-0.2, 0) is 9.47 Å². The highest BCUT2D eigenvalue weighted by Crippen LogP contribution is 2.43. The highest BCUT2D eigenvalue weighted by molar-refractivity contribution is 4.91. The van der Waals surface area contributed by atoms with E-state index in [9.17, 15) is 13.2 Å². The molecule has 0 aromatic rings. The molecule has 0 aliphatic carbocycles. The fourth-order valence-corrected chi connectivity index (χ4v) is 1.53. The predicted octanol–water partition coefficient (Wildman–Crippen LogP) is 2.13. The fourth-order valence-electron chi connectivity index (χ4n) is 1.53. The van der Waals surface area contributed by atoms with Gasteiger partial charge in [0.25, 0.3) is 0 Å². The van der Waals surface area contributed by atoms with Crippen LogP contribution in [0.25, 0.3) is 0 Å². The third-order valence-corrected chi connectivity index (χ3v) is 2.33. The summed E-state index contributed by atoms with van der Waals surface area (Å²) in [7, 11) is 1.39. The molecule has 0 bridgehead atoms. The summed E-state index contributed by atoms with van der Waals surface area (Å²) in [6, 6.07) is 0. The largest absolute Gasteiger partial charge is 0.417 e. The van der Waals surface area contributed by atoms with Gasteiger partial charge in [-0.05, 0) is 12.8 Å². The minimum absolute atomic E-state index is 0.0554. The summed E-state index contributed by atoms with van der Waals surface area (Å²) in [5, 5.41) is 0. The lowest BCUT2D eigenvalue weighted by Crippen LogP contribution is -2.45. The molecule has 1 rings (SSSR count). The van der Waals surface area contributed by atoms with Gasteiger partial charge in [0.15, 0.2) is 5.60 Å². The van der Waals surface area contributed by atoms with Crippen LogP contribution < -0.4 is 0 Å². The van der Waals surface area contributed by atoms with E-state index in [0.717, 1.165) is 0 Å². The minimum atomic E-state index is -4.28. The van der Waals surface area contributed by atoms with Crippen LogP contribution in [0.4, 0.5) is 13.2 Å². The highest BCUT2D eigenvalue weighted by atomic mass is 19.4. The van der Waals surface area contributed by atoms with Crippen LogP contribution >= 0.6 is 0 Å². The zero-order valence-corrected chi connectivity index (χ0v) is 7.49. The number of alkyl halides is 3. The van der Waals surface area contributed by atoms with Crippen molar-refractivity contribution in [3.05, 3.63) is 0 Å². The molecule has 1 unspecified atom stereocenters. The van der Waals surface area contributed by atoms with Gasteiger partial charge in [0.05, 0.1) is 0 Å². The Morgan fingerprint density at radius 2 is 2.15 bits per heavy atom. The molecule has 1 heterocycles. The molecule has 0 aromatic heterocycles. The summed E-state index contributed by atoms with van der Waals surface area (Å²) in [5.74, 6) is 0. The van der Waals surface area contributed by atoms with Gasteiger partial charge in [-0.15, -0.1) is 0 Å². The molecule has 1 saturated heterocycles. The average Bonchev–Trinajstić information content (AvgIpc) is 2.48. The topological polar surface area (TPSA) is 18.5 Å². The molecule has 0 aromatic carbocycles. The van der Waals surface area contributed by atoms with Gasteiger partial charge in [0.2, 0.25) is 0 Å². The van der Waals surface area contributed by atoms with E-state index < -0.39 is 11.8 Å². The van der Waals surface area contributed by atoms with E-state index in [-0.39, 0.29) is 26.1 Å². The van der Waals surface area contributed by atoms with Crippen LogP contribution in [0, 0.1) is 0 Å². The van der Waals surface area contributed by atoms with Gasteiger partial charge in [0.1, 0.15) is 0 Å². The van der Waals surface area contributed by atoms with Gasteiger partial charge >= 0.3 is 6.18 Å². The Bertz CT molecular complexity index is 161. The number of rotatable bonds is 3. The van der Waals surface area contributed by atoms with Crippen LogP contribution in [0.1, 0.15) is 19.3 Å². The molecule has 2 nitrogen and oxygen atoms in total. The maximum Gasteiger partial charge on any atom is 0.417 e. The smallest absolute Gasteiger partial charge is 0.385 e. The predicted molar refractivity (Wildman–Crippen MR) is 40.5 cm³/mol. The molecule has 0 saturated carbocycles. The summed E-state index contributed by atoms with van der Waals surface area (Å²) >= 11 is 0. The van der Waals surface area contributed by atoms with Crippen molar-refractivity contribution in [2.45, 2.75) is 31.0 Å².